The molecule has 1 aromatic heterocycles. The summed E-state index contributed by atoms with van der Waals surface area (Å²) in [6, 6.07) is 0.516. The molecule has 0 amide bonds. The van der Waals surface area contributed by atoms with E-state index >= 15 is 0 Å². The number of hydrogen-bond acceptors (Lipinski definition) is 3. The SMILES string of the molecule is CC(O)CC1CCCN1Cc1cn[nH]c1C(C)(C)C. The van der Waals surface area contributed by atoms with Gasteiger partial charge in [0.15, 0.2) is 0 Å². The molecule has 1 aliphatic heterocycles. The van der Waals surface area contributed by atoms with Crippen LogP contribution in [-0.4, -0.2) is 38.9 Å². The molecule has 2 N–H and O–H groups in total. The molecule has 4 nitrogen and oxygen atoms in total. The van der Waals surface area contributed by atoms with Crippen LogP contribution in [-0.2, 0) is 12.0 Å². The molecule has 0 aromatic carbocycles. The summed E-state index contributed by atoms with van der Waals surface area (Å²) in [5, 5.41) is 17.0. The van der Waals surface area contributed by atoms with E-state index in [0.29, 0.717) is 6.04 Å². The van der Waals surface area contributed by atoms with E-state index in [2.05, 4.69) is 35.9 Å². The van der Waals surface area contributed by atoms with Crippen molar-refractivity contribution in [3.05, 3.63) is 17.5 Å². The lowest BCUT2D eigenvalue weighted by Gasteiger charge is -2.27. The molecule has 0 aliphatic carbocycles. The lowest BCUT2D eigenvalue weighted by Crippen LogP contribution is -2.32. The molecule has 1 saturated heterocycles. The van der Waals surface area contributed by atoms with Crippen molar-refractivity contribution < 1.29 is 5.11 Å². The molecular formula is C15H27N3O. The average molecular weight is 265 g/mol. The Morgan fingerprint density at radius 3 is 2.89 bits per heavy atom. The van der Waals surface area contributed by atoms with Gasteiger partial charge in [-0.2, -0.15) is 5.10 Å². The quantitative estimate of drug-likeness (QED) is 0.879. The van der Waals surface area contributed by atoms with E-state index in [-0.39, 0.29) is 11.5 Å². The second kappa shape index (κ2) is 5.63. The Balaban J connectivity index is 2.06. The van der Waals surface area contributed by atoms with Gasteiger partial charge in [-0.05, 0) is 32.7 Å². The zero-order valence-electron chi connectivity index (χ0n) is 12.6. The van der Waals surface area contributed by atoms with Gasteiger partial charge in [0.1, 0.15) is 0 Å². The van der Waals surface area contributed by atoms with Crippen molar-refractivity contribution in [2.45, 2.75) is 71.1 Å². The third-order valence-corrected chi connectivity index (χ3v) is 3.95. The molecule has 1 aliphatic rings. The molecule has 1 fully saturated rings. The monoisotopic (exact) mass is 265 g/mol. The predicted molar refractivity (Wildman–Crippen MR) is 77.0 cm³/mol. The van der Waals surface area contributed by atoms with E-state index in [1.165, 1.54) is 24.1 Å². The van der Waals surface area contributed by atoms with Gasteiger partial charge in [-0.1, -0.05) is 20.8 Å². The van der Waals surface area contributed by atoms with Gasteiger partial charge < -0.3 is 5.11 Å². The maximum Gasteiger partial charge on any atom is 0.0535 e. The number of nitrogens with one attached hydrogen (secondary N) is 1. The number of aliphatic hydroxyl groups excluding tert-OH is 1. The number of nitrogens with zero attached hydrogens (tertiary/aromatic N) is 2. The smallest absolute Gasteiger partial charge is 0.0535 e. The van der Waals surface area contributed by atoms with Crippen LogP contribution in [0.1, 0.15) is 58.2 Å². The van der Waals surface area contributed by atoms with Gasteiger partial charge in [-0.3, -0.25) is 10.00 Å². The molecule has 19 heavy (non-hydrogen) atoms. The van der Waals surface area contributed by atoms with Gasteiger partial charge >= 0.3 is 0 Å². The van der Waals surface area contributed by atoms with Crippen LogP contribution in [0.3, 0.4) is 0 Å². The molecule has 2 unspecified atom stereocenters. The molecule has 2 heterocycles. The molecular weight excluding hydrogens is 238 g/mol. The van der Waals surface area contributed by atoms with Gasteiger partial charge in [0.25, 0.3) is 0 Å². The first kappa shape index (κ1) is 14.5. The summed E-state index contributed by atoms with van der Waals surface area (Å²) in [6.07, 6.45) is 5.06. The van der Waals surface area contributed by atoms with Crippen molar-refractivity contribution in [3.8, 4) is 0 Å². The van der Waals surface area contributed by atoms with Crippen LogP contribution < -0.4 is 0 Å². The number of H-pyrrole nitrogens is 1. The maximum absolute atomic E-state index is 9.60. The highest BCUT2D eigenvalue weighted by molar-refractivity contribution is 5.23. The molecule has 0 radical (unpaired) electrons. The Morgan fingerprint density at radius 1 is 1.53 bits per heavy atom. The van der Waals surface area contributed by atoms with Crippen LogP contribution in [0.25, 0.3) is 0 Å². The second-order valence-electron chi connectivity index (χ2n) is 6.87. The third-order valence-electron chi connectivity index (χ3n) is 3.95. The Morgan fingerprint density at radius 2 is 2.26 bits per heavy atom. The number of hydrogen-bond donors (Lipinski definition) is 2. The van der Waals surface area contributed by atoms with Gasteiger partial charge in [0.05, 0.1) is 12.3 Å². The van der Waals surface area contributed by atoms with Crippen LogP contribution in [0.4, 0.5) is 0 Å². The molecule has 2 rings (SSSR count). The maximum atomic E-state index is 9.60. The van der Waals surface area contributed by atoms with E-state index in [4.69, 9.17) is 0 Å². The van der Waals surface area contributed by atoms with Crippen LogP contribution in [0.2, 0.25) is 0 Å². The largest absolute Gasteiger partial charge is 0.393 e. The zero-order chi connectivity index (χ0) is 14.0. The van der Waals surface area contributed by atoms with E-state index in [1.807, 2.05) is 13.1 Å². The summed E-state index contributed by atoms with van der Waals surface area (Å²) in [5.74, 6) is 0. The Bertz CT molecular complexity index is 406. The van der Waals surface area contributed by atoms with E-state index < -0.39 is 0 Å². The first-order chi connectivity index (χ1) is 8.88. The second-order valence-corrected chi connectivity index (χ2v) is 6.87. The minimum absolute atomic E-state index is 0.103. The number of rotatable bonds is 4. The van der Waals surface area contributed by atoms with E-state index in [0.717, 1.165) is 19.5 Å². The van der Waals surface area contributed by atoms with E-state index in [9.17, 15) is 5.11 Å². The fourth-order valence-corrected chi connectivity index (χ4v) is 3.06. The van der Waals surface area contributed by atoms with Crippen LogP contribution in [0.15, 0.2) is 6.20 Å². The van der Waals surface area contributed by atoms with Gasteiger partial charge in [-0.25, -0.2) is 0 Å². The molecule has 0 saturated carbocycles. The van der Waals surface area contributed by atoms with Crippen molar-refractivity contribution in [2.24, 2.45) is 0 Å². The lowest BCUT2D eigenvalue weighted by atomic mass is 9.89. The normalized spacial score (nSPS) is 22.9. The summed E-state index contributed by atoms with van der Waals surface area (Å²) in [7, 11) is 0. The molecule has 0 bridgehead atoms. The number of aromatic nitrogens is 2. The highest BCUT2D eigenvalue weighted by Gasteiger charge is 2.28. The summed E-state index contributed by atoms with van der Waals surface area (Å²) < 4.78 is 0. The molecule has 108 valence electrons. The first-order valence-electron chi connectivity index (χ1n) is 7.32. The number of aromatic amines is 1. The lowest BCUT2D eigenvalue weighted by molar-refractivity contribution is 0.130. The molecule has 2 atom stereocenters. The number of aliphatic hydroxyl groups is 1. The van der Waals surface area contributed by atoms with Gasteiger partial charge in [0.2, 0.25) is 0 Å². The van der Waals surface area contributed by atoms with Crippen LogP contribution >= 0.6 is 0 Å². The van der Waals surface area contributed by atoms with Crippen molar-refractivity contribution in [3.63, 3.8) is 0 Å². The van der Waals surface area contributed by atoms with Crippen molar-refractivity contribution in [1.29, 1.82) is 0 Å². The van der Waals surface area contributed by atoms with Crippen molar-refractivity contribution in [1.82, 2.24) is 15.1 Å². The van der Waals surface area contributed by atoms with Crippen molar-refractivity contribution >= 4 is 0 Å². The Labute approximate surface area is 116 Å². The average Bonchev–Trinajstić information content (AvgIpc) is 2.87. The highest BCUT2D eigenvalue weighted by Crippen LogP contribution is 2.28. The minimum atomic E-state index is -0.211. The number of likely N-dealkylation sites (tertiary alicyclic amines) is 1. The van der Waals surface area contributed by atoms with E-state index in [1.54, 1.807) is 0 Å². The topological polar surface area (TPSA) is 52.1 Å². The zero-order valence-corrected chi connectivity index (χ0v) is 12.6. The van der Waals surface area contributed by atoms with Crippen LogP contribution in [0, 0.1) is 0 Å². The minimum Gasteiger partial charge on any atom is -0.393 e. The molecule has 1 aromatic rings. The first-order valence-corrected chi connectivity index (χ1v) is 7.32. The highest BCUT2D eigenvalue weighted by atomic mass is 16.3. The Kier molecular flexibility index (Phi) is 4.31. The standard InChI is InChI=1S/C15H27N3O/c1-11(19)8-13-6-5-7-18(13)10-12-9-16-17-14(12)15(2,3)4/h9,11,13,19H,5-8,10H2,1-4H3,(H,16,17). The summed E-state index contributed by atoms with van der Waals surface area (Å²) in [6.45, 7) is 10.6. The molecule has 0 spiro atoms. The Hall–Kier alpha value is -0.870. The third kappa shape index (κ3) is 3.57. The van der Waals surface area contributed by atoms with Crippen molar-refractivity contribution in [2.75, 3.05) is 6.54 Å². The fraction of sp³-hybridized carbons (Fsp3) is 0.800. The fourth-order valence-electron chi connectivity index (χ4n) is 3.06. The van der Waals surface area contributed by atoms with Crippen LogP contribution in [0.5, 0.6) is 0 Å². The molecule has 4 heteroatoms. The van der Waals surface area contributed by atoms with Gasteiger partial charge in [-0.15, -0.1) is 0 Å². The predicted octanol–water partition coefficient (Wildman–Crippen LogP) is 2.44. The van der Waals surface area contributed by atoms with Gasteiger partial charge in [0, 0.05) is 29.3 Å². The summed E-state index contributed by atoms with van der Waals surface area (Å²) in [4.78, 5) is 2.49. The summed E-state index contributed by atoms with van der Waals surface area (Å²) >= 11 is 0. The summed E-state index contributed by atoms with van der Waals surface area (Å²) in [5.41, 5.74) is 2.63.